The predicted octanol–water partition coefficient (Wildman–Crippen LogP) is 2.48. The minimum atomic E-state index is -0.554. The van der Waals surface area contributed by atoms with Crippen LogP contribution in [0.25, 0.3) is 0 Å². The molecule has 32 heavy (non-hydrogen) atoms. The van der Waals surface area contributed by atoms with E-state index in [0.717, 1.165) is 31.6 Å². The fraction of sp³-hybridized carbons (Fsp3) is 0.417. The van der Waals surface area contributed by atoms with Gasteiger partial charge in [0.15, 0.2) is 5.78 Å². The van der Waals surface area contributed by atoms with E-state index in [9.17, 15) is 19.2 Å². The molecule has 4 N–H and O–H groups in total. The summed E-state index contributed by atoms with van der Waals surface area (Å²) in [6.45, 7) is 5.45. The summed E-state index contributed by atoms with van der Waals surface area (Å²) in [6, 6.07) is 8.74. The van der Waals surface area contributed by atoms with Crippen LogP contribution in [-0.2, 0) is 11.2 Å². The van der Waals surface area contributed by atoms with Crippen LogP contribution in [0.15, 0.2) is 35.1 Å². The molecule has 8 nitrogen and oxygen atoms in total. The third-order valence-electron chi connectivity index (χ3n) is 6.35. The Morgan fingerprint density at radius 2 is 1.75 bits per heavy atom. The standard InChI is InChI=1S/C24H28N4O4/c1-24(2)12-19-17(20(29)13-24)11-18(23(32)27-19)22(31)26-15-3-5-16(6-4-15)28-9-7-14(8-10-28)21(25)30/h3-6,11,14H,7-10,12-13H2,1-2H3,(H2,25,30)(H,26,31)(H,27,32). The number of rotatable bonds is 4. The van der Waals surface area contributed by atoms with E-state index < -0.39 is 11.5 Å². The van der Waals surface area contributed by atoms with Crippen molar-refractivity contribution in [3.63, 3.8) is 0 Å². The molecule has 2 aliphatic rings. The quantitative estimate of drug-likeness (QED) is 0.679. The van der Waals surface area contributed by atoms with Gasteiger partial charge in [-0.3, -0.25) is 19.2 Å². The van der Waals surface area contributed by atoms with Gasteiger partial charge in [-0.25, -0.2) is 0 Å². The van der Waals surface area contributed by atoms with Gasteiger partial charge >= 0.3 is 0 Å². The number of carbonyl (C=O) groups excluding carboxylic acids is 3. The van der Waals surface area contributed by atoms with Gasteiger partial charge in [-0.2, -0.15) is 0 Å². The van der Waals surface area contributed by atoms with Crippen molar-refractivity contribution in [2.24, 2.45) is 17.1 Å². The largest absolute Gasteiger partial charge is 0.371 e. The predicted molar refractivity (Wildman–Crippen MR) is 122 cm³/mol. The van der Waals surface area contributed by atoms with E-state index in [1.165, 1.54) is 6.07 Å². The Kier molecular flexibility index (Phi) is 5.62. The maximum atomic E-state index is 12.7. The first-order valence-electron chi connectivity index (χ1n) is 10.9. The Morgan fingerprint density at radius 1 is 1.09 bits per heavy atom. The molecular formula is C24H28N4O4. The molecule has 1 aliphatic heterocycles. The fourth-order valence-electron chi connectivity index (χ4n) is 4.57. The third-order valence-corrected chi connectivity index (χ3v) is 6.35. The number of primary amides is 1. The number of H-pyrrole nitrogens is 1. The number of piperidine rings is 1. The smallest absolute Gasteiger partial charge is 0.261 e. The lowest BCUT2D eigenvalue weighted by molar-refractivity contribution is -0.122. The highest BCUT2D eigenvalue weighted by Crippen LogP contribution is 2.33. The van der Waals surface area contributed by atoms with Crippen LogP contribution < -0.4 is 21.5 Å². The minimum Gasteiger partial charge on any atom is -0.371 e. The number of aromatic nitrogens is 1. The average molecular weight is 437 g/mol. The van der Waals surface area contributed by atoms with Crippen LogP contribution in [0, 0.1) is 11.3 Å². The molecule has 2 heterocycles. The average Bonchev–Trinajstić information content (AvgIpc) is 2.73. The van der Waals surface area contributed by atoms with Gasteiger partial charge in [-0.05, 0) is 55.0 Å². The van der Waals surface area contributed by atoms with Crippen molar-refractivity contribution in [1.82, 2.24) is 4.98 Å². The molecule has 4 rings (SSSR count). The molecule has 2 aromatic rings. The Labute approximate surface area is 186 Å². The van der Waals surface area contributed by atoms with Crippen molar-refractivity contribution < 1.29 is 14.4 Å². The van der Waals surface area contributed by atoms with Crippen molar-refractivity contribution in [2.75, 3.05) is 23.3 Å². The molecule has 168 valence electrons. The number of Topliss-reactive ketones (excluding diaryl/α,β-unsaturated/α-hetero) is 1. The monoisotopic (exact) mass is 436 g/mol. The second-order valence-corrected chi connectivity index (χ2v) is 9.51. The van der Waals surface area contributed by atoms with Gasteiger partial charge in [0, 0.05) is 48.1 Å². The highest BCUT2D eigenvalue weighted by Gasteiger charge is 2.32. The molecule has 8 heteroatoms. The van der Waals surface area contributed by atoms with Gasteiger partial charge in [0.1, 0.15) is 5.56 Å². The number of fused-ring (bicyclic) bond motifs is 1. The zero-order valence-electron chi connectivity index (χ0n) is 18.4. The molecule has 1 saturated heterocycles. The van der Waals surface area contributed by atoms with Crippen LogP contribution in [0.2, 0.25) is 0 Å². The Bertz CT molecular complexity index is 1130. The van der Waals surface area contributed by atoms with Gasteiger partial charge in [-0.1, -0.05) is 13.8 Å². The minimum absolute atomic E-state index is 0.0639. The van der Waals surface area contributed by atoms with Crippen molar-refractivity contribution in [3.05, 3.63) is 57.5 Å². The van der Waals surface area contributed by atoms with Crippen LogP contribution >= 0.6 is 0 Å². The molecule has 1 aromatic carbocycles. The van der Waals surface area contributed by atoms with E-state index in [0.29, 0.717) is 29.8 Å². The Morgan fingerprint density at radius 3 is 2.38 bits per heavy atom. The zero-order chi connectivity index (χ0) is 23.0. The van der Waals surface area contributed by atoms with Crippen molar-refractivity contribution in [2.45, 2.75) is 39.5 Å². The van der Waals surface area contributed by atoms with Crippen LogP contribution in [0.4, 0.5) is 11.4 Å². The first-order chi connectivity index (χ1) is 15.1. The van der Waals surface area contributed by atoms with Crippen LogP contribution in [-0.4, -0.2) is 35.7 Å². The number of pyridine rings is 1. The van der Waals surface area contributed by atoms with Crippen molar-refractivity contribution in [3.8, 4) is 0 Å². The van der Waals surface area contributed by atoms with Gasteiger partial charge in [0.2, 0.25) is 5.91 Å². The van der Waals surface area contributed by atoms with Crippen LogP contribution in [0.1, 0.15) is 59.5 Å². The van der Waals surface area contributed by atoms with E-state index >= 15 is 0 Å². The number of aromatic amines is 1. The number of hydrogen-bond acceptors (Lipinski definition) is 5. The topological polar surface area (TPSA) is 125 Å². The number of nitrogens with one attached hydrogen (secondary N) is 2. The molecule has 1 aromatic heterocycles. The summed E-state index contributed by atoms with van der Waals surface area (Å²) in [6.07, 6.45) is 2.42. The van der Waals surface area contributed by atoms with Crippen LogP contribution in [0.3, 0.4) is 0 Å². The molecule has 0 saturated carbocycles. The van der Waals surface area contributed by atoms with Gasteiger partial charge < -0.3 is 20.9 Å². The Balaban J connectivity index is 1.46. The summed E-state index contributed by atoms with van der Waals surface area (Å²) in [5, 5.41) is 2.74. The molecule has 0 bridgehead atoms. The number of nitrogens with zero attached hydrogens (tertiary/aromatic N) is 1. The van der Waals surface area contributed by atoms with Crippen molar-refractivity contribution in [1.29, 1.82) is 0 Å². The van der Waals surface area contributed by atoms with E-state index in [-0.39, 0.29) is 28.6 Å². The molecule has 0 radical (unpaired) electrons. The summed E-state index contributed by atoms with van der Waals surface area (Å²) < 4.78 is 0. The summed E-state index contributed by atoms with van der Waals surface area (Å²) in [5.74, 6) is -0.935. The van der Waals surface area contributed by atoms with Gasteiger partial charge in [0.25, 0.3) is 11.5 Å². The number of nitrogens with two attached hydrogens (primary N) is 1. The third kappa shape index (κ3) is 4.44. The second-order valence-electron chi connectivity index (χ2n) is 9.51. The maximum absolute atomic E-state index is 12.7. The molecule has 0 spiro atoms. The SMILES string of the molecule is CC1(C)CC(=O)c2cc(C(=O)Nc3ccc(N4CCC(C(N)=O)CC4)cc3)c(=O)[nH]c2C1. The molecule has 0 unspecified atom stereocenters. The Hall–Kier alpha value is -3.42. The number of anilines is 2. The van der Waals surface area contributed by atoms with Crippen molar-refractivity contribution >= 4 is 29.0 Å². The van der Waals surface area contributed by atoms with E-state index in [4.69, 9.17) is 5.73 Å². The lowest BCUT2D eigenvalue weighted by Crippen LogP contribution is -2.38. The van der Waals surface area contributed by atoms with E-state index in [2.05, 4.69) is 15.2 Å². The lowest BCUT2D eigenvalue weighted by atomic mass is 9.75. The molecule has 1 fully saturated rings. The summed E-state index contributed by atoms with van der Waals surface area (Å²) in [7, 11) is 0. The number of hydrogen-bond donors (Lipinski definition) is 3. The highest BCUT2D eigenvalue weighted by molar-refractivity contribution is 6.06. The van der Waals surface area contributed by atoms with Gasteiger partial charge in [0.05, 0.1) is 0 Å². The molecule has 1 aliphatic carbocycles. The van der Waals surface area contributed by atoms with Gasteiger partial charge in [-0.15, -0.1) is 0 Å². The zero-order valence-corrected chi connectivity index (χ0v) is 18.4. The lowest BCUT2D eigenvalue weighted by Gasteiger charge is -2.32. The van der Waals surface area contributed by atoms with E-state index in [1.807, 2.05) is 26.0 Å². The molecule has 2 amide bonds. The molecule has 0 atom stereocenters. The first-order valence-corrected chi connectivity index (χ1v) is 10.9. The summed E-state index contributed by atoms with van der Waals surface area (Å²) >= 11 is 0. The molecular weight excluding hydrogens is 408 g/mol. The number of benzene rings is 1. The maximum Gasteiger partial charge on any atom is 0.261 e. The fourth-order valence-corrected chi connectivity index (χ4v) is 4.57. The summed E-state index contributed by atoms with van der Waals surface area (Å²) in [4.78, 5) is 54.0. The van der Waals surface area contributed by atoms with Crippen LogP contribution in [0.5, 0.6) is 0 Å². The number of carbonyl (C=O) groups is 3. The normalized spacial score (nSPS) is 18.2. The first kappa shape index (κ1) is 21.8. The second kappa shape index (κ2) is 8.26. The number of ketones is 1. The summed E-state index contributed by atoms with van der Waals surface area (Å²) in [5.41, 5.74) is 7.16. The highest BCUT2D eigenvalue weighted by atomic mass is 16.2. The van der Waals surface area contributed by atoms with E-state index in [1.54, 1.807) is 12.1 Å². The number of amides is 2.